The van der Waals surface area contributed by atoms with E-state index in [0.29, 0.717) is 18.4 Å². The number of halogens is 1. The molecule has 0 radical (unpaired) electrons. The molecule has 0 heterocycles. The molecule has 0 aliphatic heterocycles. The first-order valence-electron chi connectivity index (χ1n) is 8.33. The Bertz CT molecular complexity index is 741. The molecule has 130 valence electrons. The number of Topliss-reactive ketones (excluding diaryl/α,β-unsaturated/α-hetero) is 1. The number of carbonyl (C=O) groups excluding carboxylic acids is 2. The summed E-state index contributed by atoms with van der Waals surface area (Å²) < 4.78 is 5.36. The van der Waals surface area contributed by atoms with Gasteiger partial charge in [-0.1, -0.05) is 23.7 Å². The first-order valence-corrected chi connectivity index (χ1v) is 9.69. The Morgan fingerprint density at radius 3 is 2.48 bits per heavy atom. The highest BCUT2D eigenvalue weighted by Crippen LogP contribution is 2.25. The van der Waals surface area contributed by atoms with Gasteiger partial charge in [0.25, 0.3) is 0 Å². The summed E-state index contributed by atoms with van der Waals surface area (Å²) >= 11 is 7.59. The molecule has 0 amide bonds. The quantitative estimate of drug-likeness (QED) is 0.526. The lowest BCUT2D eigenvalue weighted by Crippen LogP contribution is -2.30. The van der Waals surface area contributed by atoms with Crippen LogP contribution in [0.2, 0.25) is 5.02 Å². The molecule has 0 bridgehead atoms. The lowest BCUT2D eigenvalue weighted by molar-refractivity contribution is -0.129. The van der Waals surface area contributed by atoms with Crippen molar-refractivity contribution >= 4 is 35.1 Å². The largest absolute Gasteiger partial charge is 0.451 e. The Morgan fingerprint density at radius 2 is 1.80 bits per heavy atom. The van der Waals surface area contributed by atoms with Gasteiger partial charge in [-0.2, -0.15) is 0 Å². The zero-order valence-electron chi connectivity index (χ0n) is 13.7. The zero-order chi connectivity index (χ0) is 17.6. The number of ketones is 1. The van der Waals surface area contributed by atoms with Crippen molar-refractivity contribution in [2.24, 2.45) is 0 Å². The molecule has 2 aromatic carbocycles. The van der Waals surface area contributed by atoms with Crippen molar-refractivity contribution in [2.75, 3.05) is 0 Å². The molecule has 0 aromatic heterocycles. The van der Waals surface area contributed by atoms with Crippen LogP contribution in [0.25, 0.3) is 0 Å². The fourth-order valence-electron chi connectivity index (χ4n) is 2.71. The van der Waals surface area contributed by atoms with Crippen LogP contribution in [0.1, 0.15) is 41.6 Å². The average molecular weight is 375 g/mol. The monoisotopic (exact) mass is 374 g/mol. The lowest BCUT2D eigenvalue weighted by atomic mass is 9.96. The molecule has 0 spiro atoms. The Hall–Kier alpha value is -1.78. The number of esters is 1. The minimum Gasteiger partial charge on any atom is -0.451 e. The number of rotatable bonds is 5. The van der Waals surface area contributed by atoms with Gasteiger partial charge >= 0.3 is 5.97 Å². The van der Waals surface area contributed by atoms with Gasteiger partial charge in [-0.15, -0.1) is 11.8 Å². The second kappa shape index (κ2) is 8.54. The SMILES string of the molecule is O=C(O[C@H]1CCCCC1=O)c1ccc(CSc2ccc(Cl)cc2)cc1. The molecular weight excluding hydrogens is 356 g/mol. The van der Waals surface area contributed by atoms with E-state index in [1.807, 2.05) is 36.4 Å². The fraction of sp³-hybridized carbons (Fsp3) is 0.300. The van der Waals surface area contributed by atoms with Gasteiger partial charge < -0.3 is 4.74 Å². The van der Waals surface area contributed by atoms with E-state index in [4.69, 9.17) is 16.3 Å². The summed E-state index contributed by atoms with van der Waals surface area (Å²) in [5.74, 6) is 0.422. The molecule has 2 aromatic rings. The predicted molar refractivity (Wildman–Crippen MR) is 100 cm³/mol. The molecule has 0 unspecified atom stereocenters. The topological polar surface area (TPSA) is 43.4 Å². The highest BCUT2D eigenvalue weighted by molar-refractivity contribution is 7.98. The second-order valence-corrected chi connectivity index (χ2v) is 7.53. The van der Waals surface area contributed by atoms with Gasteiger partial charge in [-0.3, -0.25) is 4.79 Å². The van der Waals surface area contributed by atoms with Crippen LogP contribution in [0.15, 0.2) is 53.4 Å². The fourth-order valence-corrected chi connectivity index (χ4v) is 3.69. The number of hydrogen-bond acceptors (Lipinski definition) is 4. The molecule has 25 heavy (non-hydrogen) atoms. The molecule has 1 aliphatic carbocycles. The van der Waals surface area contributed by atoms with Crippen LogP contribution in [-0.2, 0) is 15.3 Å². The Labute approximate surface area is 156 Å². The molecule has 0 N–H and O–H groups in total. The first kappa shape index (κ1) is 18.0. The minimum atomic E-state index is -0.568. The number of thioether (sulfide) groups is 1. The van der Waals surface area contributed by atoms with Crippen LogP contribution in [0.5, 0.6) is 0 Å². The third kappa shape index (κ3) is 5.10. The summed E-state index contributed by atoms with van der Waals surface area (Å²) in [6.07, 6.45) is 2.41. The maximum atomic E-state index is 12.2. The molecular formula is C20H19ClO3S. The summed E-state index contributed by atoms with van der Waals surface area (Å²) in [7, 11) is 0. The first-order chi connectivity index (χ1) is 12.1. The second-order valence-electron chi connectivity index (χ2n) is 6.05. The number of ether oxygens (including phenoxy) is 1. The maximum absolute atomic E-state index is 12.2. The molecule has 0 saturated heterocycles. The zero-order valence-corrected chi connectivity index (χ0v) is 15.3. The smallest absolute Gasteiger partial charge is 0.338 e. The summed E-state index contributed by atoms with van der Waals surface area (Å²) in [5, 5.41) is 0.726. The molecule has 1 fully saturated rings. The number of carbonyl (C=O) groups is 2. The van der Waals surface area contributed by atoms with Crippen LogP contribution in [0.3, 0.4) is 0 Å². The molecule has 3 rings (SSSR count). The Kier molecular flexibility index (Phi) is 6.16. The van der Waals surface area contributed by atoms with Crippen LogP contribution in [-0.4, -0.2) is 17.9 Å². The summed E-state index contributed by atoms with van der Waals surface area (Å²) in [6, 6.07) is 15.1. The number of hydrogen-bond donors (Lipinski definition) is 0. The van der Waals surface area contributed by atoms with Crippen LogP contribution in [0, 0.1) is 0 Å². The third-order valence-electron chi connectivity index (χ3n) is 4.16. The van der Waals surface area contributed by atoms with Crippen LogP contribution in [0.4, 0.5) is 0 Å². The standard InChI is InChI=1S/C20H19ClO3S/c21-16-9-11-17(12-10-16)25-13-14-5-7-15(8-6-14)20(23)24-19-4-2-1-3-18(19)22/h5-12,19H,1-4,13H2/t19-/m0/s1. The molecule has 5 heteroatoms. The van der Waals surface area contributed by atoms with Gasteiger partial charge in [-0.25, -0.2) is 4.79 Å². The van der Waals surface area contributed by atoms with Crippen molar-refractivity contribution in [1.82, 2.24) is 0 Å². The van der Waals surface area contributed by atoms with E-state index in [-0.39, 0.29) is 5.78 Å². The van der Waals surface area contributed by atoms with Gasteiger partial charge in [0.15, 0.2) is 11.9 Å². The van der Waals surface area contributed by atoms with E-state index in [9.17, 15) is 9.59 Å². The highest BCUT2D eigenvalue weighted by atomic mass is 35.5. The summed E-state index contributed by atoms with van der Waals surface area (Å²) in [4.78, 5) is 25.1. The summed E-state index contributed by atoms with van der Waals surface area (Å²) in [5.41, 5.74) is 1.60. The van der Waals surface area contributed by atoms with Crippen molar-refractivity contribution in [3.8, 4) is 0 Å². The van der Waals surface area contributed by atoms with Gasteiger partial charge in [0.1, 0.15) is 0 Å². The maximum Gasteiger partial charge on any atom is 0.338 e. The van der Waals surface area contributed by atoms with E-state index in [2.05, 4.69) is 0 Å². The van der Waals surface area contributed by atoms with Crippen molar-refractivity contribution in [1.29, 1.82) is 0 Å². The Balaban J connectivity index is 1.55. The van der Waals surface area contributed by atoms with Gasteiger partial charge in [0, 0.05) is 22.1 Å². The van der Waals surface area contributed by atoms with E-state index >= 15 is 0 Å². The molecule has 1 atom stereocenters. The lowest BCUT2D eigenvalue weighted by Gasteiger charge is -2.20. The third-order valence-corrected chi connectivity index (χ3v) is 5.49. The highest BCUT2D eigenvalue weighted by Gasteiger charge is 2.26. The molecule has 3 nitrogen and oxygen atoms in total. The average Bonchev–Trinajstić information content (AvgIpc) is 2.63. The van der Waals surface area contributed by atoms with E-state index in [0.717, 1.165) is 34.1 Å². The van der Waals surface area contributed by atoms with Crippen molar-refractivity contribution < 1.29 is 14.3 Å². The van der Waals surface area contributed by atoms with Gasteiger partial charge in [0.2, 0.25) is 0 Å². The van der Waals surface area contributed by atoms with Crippen LogP contribution < -0.4 is 0 Å². The van der Waals surface area contributed by atoms with Gasteiger partial charge in [-0.05, 0) is 61.2 Å². The van der Waals surface area contributed by atoms with Crippen molar-refractivity contribution in [3.63, 3.8) is 0 Å². The molecule has 1 saturated carbocycles. The normalized spacial score (nSPS) is 17.3. The summed E-state index contributed by atoms with van der Waals surface area (Å²) in [6.45, 7) is 0. The predicted octanol–water partition coefficient (Wildman–Crippen LogP) is 5.30. The minimum absolute atomic E-state index is 0.0376. The van der Waals surface area contributed by atoms with Crippen molar-refractivity contribution in [3.05, 3.63) is 64.7 Å². The van der Waals surface area contributed by atoms with E-state index in [1.54, 1.807) is 23.9 Å². The Morgan fingerprint density at radius 1 is 1.08 bits per heavy atom. The van der Waals surface area contributed by atoms with Crippen LogP contribution >= 0.6 is 23.4 Å². The van der Waals surface area contributed by atoms with E-state index < -0.39 is 12.1 Å². The van der Waals surface area contributed by atoms with Gasteiger partial charge in [0.05, 0.1) is 5.56 Å². The number of benzene rings is 2. The van der Waals surface area contributed by atoms with Crippen molar-refractivity contribution in [2.45, 2.75) is 42.4 Å². The molecule has 1 aliphatic rings. The van der Waals surface area contributed by atoms with E-state index in [1.165, 1.54) is 0 Å².